The number of thiophene rings is 1. The van der Waals surface area contributed by atoms with E-state index in [0.29, 0.717) is 17.9 Å². The van der Waals surface area contributed by atoms with E-state index in [0.717, 1.165) is 17.7 Å². The summed E-state index contributed by atoms with van der Waals surface area (Å²) in [6.07, 6.45) is 1.66. The van der Waals surface area contributed by atoms with E-state index in [9.17, 15) is 8.42 Å². The summed E-state index contributed by atoms with van der Waals surface area (Å²) < 4.78 is 22.9. The molecule has 1 aromatic rings. The number of rotatable bonds is 3. The third kappa shape index (κ3) is 3.53. The molecular weight excluding hydrogens is 256 g/mol. The molecule has 0 amide bonds. The van der Waals surface area contributed by atoms with Crippen LogP contribution in [-0.2, 0) is 16.4 Å². The first kappa shape index (κ1) is 12.6. The number of nitriles is 1. The molecular formula is C11H14N2O2S2. The predicted octanol–water partition coefficient (Wildman–Crippen LogP) is 1.29. The lowest BCUT2D eigenvalue weighted by molar-refractivity contribution is 0.482. The van der Waals surface area contributed by atoms with Crippen LogP contribution in [0.3, 0.4) is 0 Å². The van der Waals surface area contributed by atoms with Crippen molar-refractivity contribution < 1.29 is 8.42 Å². The van der Waals surface area contributed by atoms with Crippen molar-refractivity contribution in [2.24, 2.45) is 0 Å². The smallest absolute Gasteiger partial charge is 0.151 e. The lowest BCUT2D eigenvalue weighted by atomic mass is 10.2. The lowest BCUT2D eigenvalue weighted by Crippen LogP contribution is -2.39. The van der Waals surface area contributed by atoms with Crippen LogP contribution in [0.5, 0.6) is 0 Å². The lowest BCUT2D eigenvalue weighted by Gasteiger charge is -2.22. The summed E-state index contributed by atoms with van der Waals surface area (Å²) in [5.74, 6) is 0.562. The van der Waals surface area contributed by atoms with Gasteiger partial charge in [0.25, 0.3) is 0 Å². The topological polar surface area (TPSA) is 70.0 Å². The fraction of sp³-hybridized carbons (Fsp3) is 0.545. The Bertz CT molecular complexity index is 528. The Hall–Kier alpha value is -0.900. The average molecular weight is 270 g/mol. The van der Waals surface area contributed by atoms with Gasteiger partial charge in [0.2, 0.25) is 0 Å². The van der Waals surface area contributed by atoms with Crippen molar-refractivity contribution in [2.75, 3.05) is 11.5 Å². The van der Waals surface area contributed by atoms with Gasteiger partial charge in [-0.05, 0) is 18.9 Å². The van der Waals surface area contributed by atoms with E-state index in [1.54, 1.807) is 0 Å². The monoisotopic (exact) mass is 270 g/mol. The van der Waals surface area contributed by atoms with Gasteiger partial charge in [-0.25, -0.2) is 8.42 Å². The van der Waals surface area contributed by atoms with Gasteiger partial charge in [0.1, 0.15) is 6.07 Å². The Morgan fingerprint density at radius 2 is 2.41 bits per heavy atom. The molecule has 2 heterocycles. The highest BCUT2D eigenvalue weighted by Gasteiger charge is 2.24. The zero-order valence-electron chi connectivity index (χ0n) is 9.35. The summed E-state index contributed by atoms with van der Waals surface area (Å²) in [5.41, 5.74) is 0.670. The van der Waals surface area contributed by atoms with Crippen molar-refractivity contribution in [2.45, 2.75) is 25.4 Å². The van der Waals surface area contributed by atoms with Crippen LogP contribution in [0.4, 0.5) is 0 Å². The molecule has 1 atom stereocenters. The average Bonchev–Trinajstić information content (AvgIpc) is 2.73. The van der Waals surface area contributed by atoms with Gasteiger partial charge in [-0.15, -0.1) is 11.3 Å². The second-order valence-electron chi connectivity index (χ2n) is 4.25. The van der Waals surface area contributed by atoms with E-state index in [4.69, 9.17) is 5.26 Å². The van der Waals surface area contributed by atoms with Crippen molar-refractivity contribution in [3.05, 3.63) is 21.9 Å². The molecule has 1 fully saturated rings. The normalized spacial score (nSPS) is 23.1. The summed E-state index contributed by atoms with van der Waals surface area (Å²) >= 11 is 1.53. The molecule has 1 saturated heterocycles. The maximum atomic E-state index is 11.4. The second kappa shape index (κ2) is 5.17. The minimum atomic E-state index is -2.85. The van der Waals surface area contributed by atoms with Gasteiger partial charge < -0.3 is 5.32 Å². The Labute approximate surface area is 105 Å². The summed E-state index contributed by atoms with van der Waals surface area (Å²) in [7, 11) is -2.85. The van der Waals surface area contributed by atoms with Crippen molar-refractivity contribution in [1.29, 1.82) is 5.26 Å². The van der Waals surface area contributed by atoms with Crippen LogP contribution in [0.25, 0.3) is 0 Å². The number of hydrogen-bond acceptors (Lipinski definition) is 5. The second-order valence-corrected chi connectivity index (χ2v) is 7.47. The first-order chi connectivity index (χ1) is 8.09. The highest BCUT2D eigenvalue weighted by molar-refractivity contribution is 7.91. The van der Waals surface area contributed by atoms with Gasteiger partial charge in [0.05, 0.1) is 17.1 Å². The quantitative estimate of drug-likeness (QED) is 0.898. The van der Waals surface area contributed by atoms with E-state index >= 15 is 0 Å². The molecule has 0 aromatic carbocycles. The van der Waals surface area contributed by atoms with Gasteiger partial charge in [-0.1, -0.05) is 0 Å². The van der Waals surface area contributed by atoms with E-state index in [2.05, 4.69) is 11.4 Å². The molecule has 4 nitrogen and oxygen atoms in total. The minimum Gasteiger partial charge on any atom is -0.308 e. The Kier molecular flexibility index (Phi) is 3.82. The molecule has 1 aromatic heterocycles. The maximum absolute atomic E-state index is 11.4. The van der Waals surface area contributed by atoms with Gasteiger partial charge in [0.15, 0.2) is 9.84 Å². The van der Waals surface area contributed by atoms with E-state index < -0.39 is 9.84 Å². The standard InChI is InChI=1S/C11H14N2O2S2/c12-5-9-4-11(16-7-9)6-13-10-2-1-3-17(14,15)8-10/h4,7,10,13H,1-3,6,8H2. The molecule has 92 valence electrons. The number of nitrogens with zero attached hydrogens (tertiary/aromatic N) is 1. The van der Waals surface area contributed by atoms with Crippen LogP contribution in [0, 0.1) is 11.3 Å². The van der Waals surface area contributed by atoms with Gasteiger partial charge >= 0.3 is 0 Å². The summed E-state index contributed by atoms with van der Waals surface area (Å²) in [4.78, 5) is 1.07. The first-order valence-corrected chi connectivity index (χ1v) is 8.20. The molecule has 6 heteroatoms. The zero-order chi connectivity index (χ0) is 12.3. The number of hydrogen-bond donors (Lipinski definition) is 1. The molecule has 0 bridgehead atoms. The Balaban J connectivity index is 1.88. The van der Waals surface area contributed by atoms with Crippen LogP contribution in [0.15, 0.2) is 11.4 Å². The van der Waals surface area contributed by atoms with Gasteiger partial charge in [0, 0.05) is 22.8 Å². The van der Waals surface area contributed by atoms with Crippen molar-refractivity contribution in [1.82, 2.24) is 5.32 Å². The van der Waals surface area contributed by atoms with E-state index in [1.807, 2.05) is 11.4 Å². The molecule has 1 aliphatic heterocycles. The highest BCUT2D eigenvalue weighted by Crippen LogP contribution is 2.16. The molecule has 1 aliphatic rings. The van der Waals surface area contributed by atoms with Crippen LogP contribution in [0.1, 0.15) is 23.3 Å². The number of nitrogens with one attached hydrogen (secondary N) is 1. The fourth-order valence-electron chi connectivity index (χ4n) is 1.96. The Morgan fingerprint density at radius 1 is 1.59 bits per heavy atom. The highest BCUT2D eigenvalue weighted by atomic mass is 32.2. The molecule has 1 N–H and O–H groups in total. The summed E-state index contributed by atoms with van der Waals surface area (Å²) in [5, 5.41) is 13.8. The molecule has 0 spiro atoms. The third-order valence-electron chi connectivity index (χ3n) is 2.81. The van der Waals surface area contributed by atoms with Crippen molar-refractivity contribution in [3.8, 4) is 6.07 Å². The van der Waals surface area contributed by atoms with Crippen molar-refractivity contribution in [3.63, 3.8) is 0 Å². The van der Waals surface area contributed by atoms with Crippen LogP contribution >= 0.6 is 11.3 Å². The molecule has 0 saturated carbocycles. The molecule has 1 unspecified atom stereocenters. The van der Waals surface area contributed by atoms with Crippen LogP contribution in [-0.4, -0.2) is 26.0 Å². The number of sulfone groups is 1. The molecule has 2 rings (SSSR count). The van der Waals surface area contributed by atoms with Gasteiger partial charge in [-0.3, -0.25) is 0 Å². The summed E-state index contributed by atoms with van der Waals surface area (Å²) in [6.45, 7) is 0.645. The molecule has 0 radical (unpaired) electrons. The van der Waals surface area contributed by atoms with Crippen molar-refractivity contribution >= 4 is 21.2 Å². The van der Waals surface area contributed by atoms with Crippen LogP contribution in [0.2, 0.25) is 0 Å². The van der Waals surface area contributed by atoms with E-state index in [1.165, 1.54) is 11.3 Å². The summed E-state index contributed by atoms with van der Waals surface area (Å²) in [6, 6.07) is 3.98. The minimum absolute atomic E-state index is 0.0568. The maximum Gasteiger partial charge on any atom is 0.151 e. The Morgan fingerprint density at radius 3 is 3.06 bits per heavy atom. The third-order valence-corrected chi connectivity index (χ3v) is 5.57. The van der Waals surface area contributed by atoms with Gasteiger partial charge in [-0.2, -0.15) is 5.26 Å². The van der Waals surface area contributed by atoms with Crippen LogP contribution < -0.4 is 5.32 Å². The zero-order valence-corrected chi connectivity index (χ0v) is 11.0. The molecule has 0 aliphatic carbocycles. The predicted molar refractivity (Wildman–Crippen MR) is 67.5 cm³/mol. The first-order valence-electron chi connectivity index (χ1n) is 5.50. The van der Waals surface area contributed by atoms with E-state index in [-0.39, 0.29) is 11.8 Å². The largest absolute Gasteiger partial charge is 0.308 e. The SMILES string of the molecule is N#Cc1csc(CNC2CCCS(=O)(=O)C2)c1. The molecule has 17 heavy (non-hydrogen) atoms. The fourth-order valence-corrected chi connectivity index (χ4v) is 4.39.